The SMILES string of the molecule is Cc1cc(C(N)=O)cc(C)c1OCC(C)(C)C(=O)O. The van der Waals surface area contributed by atoms with E-state index in [1.807, 2.05) is 0 Å². The first-order valence-corrected chi connectivity index (χ1v) is 5.92. The molecular formula is C14H19NO4. The zero-order chi connectivity index (χ0) is 14.8. The number of ether oxygens (including phenoxy) is 1. The number of amides is 1. The molecule has 19 heavy (non-hydrogen) atoms. The lowest BCUT2D eigenvalue weighted by molar-refractivity contribution is -0.148. The molecule has 1 aromatic rings. The number of aliphatic carboxylic acids is 1. The van der Waals surface area contributed by atoms with E-state index in [-0.39, 0.29) is 6.61 Å². The molecule has 5 nitrogen and oxygen atoms in total. The van der Waals surface area contributed by atoms with Gasteiger partial charge >= 0.3 is 5.97 Å². The molecule has 0 saturated heterocycles. The average molecular weight is 265 g/mol. The molecule has 1 rings (SSSR count). The highest BCUT2D eigenvalue weighted by Gasteiger charge is 2.28. The summed E-state index contributed by atoms with van der Waals surface area (Å²) in [4.78, 5) is 22.1. The summed E-state index contributed by atoms with van der Waals surface area (Å²) in [6.07, 6.45) is 0. The summed E-state index contributed by atoms with van der Waals surface area (Å²) in [7, 11) is 0. The highest BCUT2D eigenvalue weighted by atomic mass is 16.5. The van der Waals surface area contributed by atoms with Gasteiger partial charge in [-0.2, -0.15) is 0 Å². The van der Waals surface area contributed by atoms with E-state index in [4.69, 9.17) is 15.6 Å². The van der Waals surface area contributed by atoms with Gasteiger partial charge < -0.3 is 15.6 Å². The third-order valence-electron chi connectivity index (χ3n) is 2.90. The van der Waals surface area contributed by atoms with Crippen molar-refractivity contribution in [1.29, 1.82) is 0 Å². The van der Waals surface area contributed by atoms with Crippen molar-refractivity contribution in [2.24, 2.45) is 11.1 Å². The maximum absolute atomic E-state index is 11.1. The molecule has 0 fully saturated rings. The summed E-state index contributed by atoms with van der Waals surface area (Å²) in [5.41, 5.74) is 6.19. The average Bonchev–Trinajstić information content (AvgIpc) is 2.27. The Hall–Kier alpha value is -2.04. The molecule has 0 atom stereocenters. The van der Waals surface area contributed by atoms with Crippen LogP contribution in [0.25, 0.3) is 0 Å². The highest BCUT2D eigenvalue weighted by molar-refractivity contribution is 5.93. The first-order valence-electron chi connectivity index (χ1n) is 5.92. The molecule has 0 aliphatic carbocycles. The van der Waals surface area contributed by atoms with Crippen LogP contribution in [0.3, 0.4) is 0 Å². The molecule has 104 valence electrons. The van der Waals surface area contributed by atoms with E-state index < -0.39 is 17.3 Å². The summed E-state index contributed by atoms with van der Waals surface area (Å²) in [6, 6.07) is 3.27. The van der Waals surface area contributed by atoms with Gasteiger partial charge in [0.1, 0.15) is 12.4 Å². The third-order valence-corrected chi connectivity index (χ3v) is 2.90. The maximum atomic E-state index is 11.1. The smallest absolute Gasteiger partial charge is 0.312 e. The van der Waals surface area contributed by atoms with Gasteiger partial charge in [-0.1, -0.05) is 0 Å². The number of primary amides is 1. The van der Waals surface area contributed by atoms with Crippen LogP contribution in [0.4, 0.5) is 0 Å². The molecule has 0 aromatic heterocycles. The molecule has 0 bridgehead atoms. The molecular weight excluding hydrogens is 246 g/mol. The van der Waals surface area contributed by atoms with Crippen LogP contribution >= 0.6 is 0 Å². The Bertz CT molecular complexity index is 497. The van der Waals surface area contributed by atoms with Crippen LogP contribution in [-0.2, 0) is 4.79 Å². The van der Waals surface area contributed by atoms with Crippen LogP contribution in [0.2, 0.25) is 0 Å². The van der Waals surface area contributed by atoms with Crippen molar-refractivity contribution in [1.82, 2.24) is 0 Å². The quantitative estimate of drug-likeness (QED) is 0.850. The molecule has 0 radical (unpaired) electrons. The molecule has 0 saturated carbocycles. The van der Waals surface area contributed by atoms with E-state index in [0.717, 1.165) is 11.1 Å². The Kier molecular flexibility index (Phi) is 4.19. The molecule has 0 unspecified atom stereocenters. The van der Waals surface area contributed by atoms with Crippen molar-refractivity contribution in [2.75, 3.05) is 6.61 Å². The number of nitrogens with two attached hydrogens (primary N) is 1. The molecule has 3 N–H and O–H groups in total. The number of carboxylic acid groups (broad SMARTS) is 1. The van der Waals surface area contributed by atoms with E-state index in [2.05, 4.69) is 0 Å². The topological polar surface area (TPSA) is 89.6 Å². The Morgan fingerprint density at radius 2 is 1.74 bits per heavy atom. The van der Waals surface area contributed by atoms with Crippen LogP contribution in [0.5, 0.6) is 5.75 Å². The minimum Gasteiger partial charge on any atom is -0.492 e. The van der Waals surface area contributed by atoms with Gasteiger partial charge in [-0.05, 0) is 51.0 Å². The molecule has 1 aromatic carbocycles. The second-order valence-electron chi connectivity index (χ2n) is 5.28. The lowest BCUT2D eigenvalue weighted by Crippen LogP contribution is -2.31. The minimum atomic E-state index is -0.971. The lowest BCUT2D eigenvalue weighted by atomic mass is 9.95. The largest absolute Gasteiger partial charge is 0.492 e. The van der Waals surface area contributed by atoms with E-state index in [0.29, 0.717) is 11.3 Å². The van der Waals surface area contributed by atoms with Gasteiger partial charge in [0.2, 0.25) is 5.91 Å². The summed E-state index contributed by atoms with van der Waals surface area (Å²) in [6.45, 7) is 6.83. The van der Waals surface area contributed by atoms with E-state index >= 15 is 0 Å². The standard InChI is InChI=1S/C14H19NO4/c1-8-5-10(12(15)16)6-9(2)11(8)19-7-14(3,4)13(17)18/h5-6H,7H2,1-4H3,(H2,15,16)(H,17,18). The van der Waals surface area contributed by atoms with E-state index in [1.54, 1.807) is 39.8 Å². The molecule has 0 heterocycles. The number of carbonyl (C=O) groups is 2. The maximum Gasteiger partial charge on any atom is 0.312 e. The van der Waals surface area contributed by atoms with E-state index in [9.17, 15) is 9.59 Å². The third kappa shape index (κ3) is 3.47. The Morgan fingerprint density at radius 3 is 2.11 bits per heavy atom. The van der Waals surface area contributed by atoms with Gasteiger partial charge in [-0.15, -0.1) is 0 Å². The van der Waals surface area contributed by atoms with Crippen molar-refractivity contribution in [3.8, 4) is 5.75 Å². The number of rotatable bonds is 5. The normalized spacial score (nSPS) is 11.2. The second-order valence-corrected chi connectivity index (χ2v) is 5.28. The number of hydrogen-bond acceptors (Lipinski definition) is 3. The van der Waals surface area contributed by atoms with Crippen LogP contribution < -0.4 is 10.5 Å². The fourth-order valence-electron chi connectivity index (χ4n) is 1.63. The van der Waals surface area contributed by atoms with Crippen LogP contribution in [0.1, 0.15) is 35.3 Å². The number of aryl methyl sites for hydroxylation is 2. The van der Waals surface area contributed by atoms with Crippen molar-refractivity contribution in [3.63, 3.8) is 0 Å². The zero-order valence-electron chi connectivity index (χ0n) is 11.6. The van der Waals surface area contributed by atoms with Gasteiger partial charge in [0.25, 0.3) is 0 Å². The van der Waals surface area contributed by atoms with Crippen LogP contribution in [-0.4, -0.2) is 23.6 Å². The van der Waals surface area contributed by atoms with Crippen molar-refractivity contribution in [3.05, 3.63) is 28.8 Å². The monoisotopic (exact) mass is 265 g/mol. The molecule has 0 aliphatic rings. The van der Waals surface area contributed by atoms with Crippen molar-refractivity contribution < 1.29 is 19.4 Å². The predicted molar refractivity (Wildman–Crippen MR) is 71.3 cm³/mol. The Balaban J connectivity index is 2.97. The molecule has 5 heteroatoms. The number of hydrogen-bond donors (Lipinski definition) is 2. The second kappa shape index (κ2) is 5.30. The fourth-order valence-corrected chi connectivity index (χ4v) is 1.63. The number of benzene rings is 1. The zero-order valence-corrected chi connectivity index (χ0v) is 11.6. The van der Waals surface area contributed by atoms with Gasteiger partial charge in [-0.25, -0.2) is 0 Å². The minimum absolute atomic E-state index is 0.0555. The van der Waals surface area contributed by atoms with Gasteiger partial charge in [0, 0.05) is 5.56 Å². The van der Waals surface area contributed by atoms with Crippen molar-refractivity contribution >= 4 is 11.9 Å². The Morgan fingerprint density at radius 1 is 1.26 bits per heavy atom. The van der Waals surface area contributed by atoms with Crippen LogP contribution in [0, 0.1) is 19.3 Å². The molecule has 1 amide bonds. The van der Waals surface area contributed by atoms with Crippen molar-refractivity contribution in [2.45, 2.75) is 27.7 Å². The fraction of sp³-hybridized carbons (Fsp3) is 0.429. The summed E-state index contributed by atoms with van der Waals surface area (Å²) < 4.78 is 5.60. The highest BCUT2D eigenvalue weighted by Crippen LogP contribution is 2.27. The summed E-state index contributed by atoms with van der Waals surface area (Å²) in [5.74, 6) is -0.820. The Labute approximate surface area is 112 Å². The number of carbonyl (C=O) groups excluding carboxylic acids is 1. The lowest BCUT2D eigenvalue weighted by Gasteiger charge is -2.21. The summed E-state index contributed by atoms with van der Waals surface area (Å²) >= 11 is 0. The summed E-state index contributed by atoms with van der Waals surface area (Å²) in [5, 5.41) is 9.03. The first kappa shape index (κ1) is 15.0. The molecule has 0 aliphatic heterocycles. The van der Waals surface area contributed by atoms with Gasteiger partial charge in [0.15, 0.2) is 0 Å². The van der Waals surface area contributed by atoms with Gasteiger partial charge in [0.05, 0.1) is 5.41 Å². The van der Waals surface area contributed by atoms with Crippen LogP contribution in [0.15, 0.2) is 12.1 Å². The van der Waals surface area contributed by atoms with Gasteiger partial charge in [-0.3, -0.25) is 9.59 Å². The number of carboxylic acids is 1. The molecule has 0 spiro atoms. The van der Waals surface area contributed by atoms with E-state index in [1.165, 1.54) is 0 Å². The first-order chi connectivity index (χ1) is 8.65. The predicted octanol–water partition coefficient (Wildman–Crippen LogP) is 1.89.